The molecule has 45 heavy (non-hydrogen) atoms. The summed E-state index contributed by atoms with van der Waals surface area (Å²) in [6.45, 7) is 17.5. The average molecular weight is 598 g/mol. The Morgan fingerprint density at radius 2 is 1.00 bits per heavy atom. The number of para-hydroxylation sites is 3. The van der Waals surface area contributed by atoms with Crippen molar-refractivity contribution in [3.63, 3.8) is 0 Å². The van der Waals surface area contributed by atoms with Crippen LogP contribution in [0.1, 0.15) is 101 Å². The van der Waals surface area contributed by atoms with E-state index in [-0.39, 0.29) is 35.3 Å². The number of rotatable bonds is 7. The molecule has 7 heteroatoms. The van der Waals surface area contributed by atoms with Gasteiger partial charge in [-0.05, 0) is 64.1 Å². The van der Waals surface area contributed by atoms with E-state index in [0.29, 0.717) is 5.96 Å². The Morgan fingerprint density at radius 1 is 0.556 bits per heavy atom. The largest absolute Gasteiger partial charge is 0.281 e. The summed E-state index contributed by atoms with van der Waals surface area (Å²) in [5, 5.41) is 26.7. The van der Waals surface area contributed by atoms with Crippen LogP contribution in [0.5, 0.6) is 0 Å². The number of amidine groups is 2. The van der Waals surface area contributed by atoms with Crippen LogP contribution in [0, 0.1) is 10.8 Å². The van der Waals surface area contributed by atoms with Crippen LogP contribution in [-0.4, -0.2) is 27.3 Å². The SMILES string of the molecule is CC(C)c1cccc(C(C)C)c1N1C(=N)C(=N)N(c2c(C(C)C)cccc2C(C)C)C1=Nn1c2ccccc2c2cccnc21. The number of aromatic nitrogens is 2. The fourth-order valence-electron chi connectivity index (χ4n) is 6.53. The highest BCUT2D eigenvalue weighted by Gasteiger charge is 2.43. The molecule has 0 amide bonds. The first-order chi connectivity index (χ1) is 21.5. The number of guanidine groups is 1. The minimum Gasteiger partial charge on any atom is -0.281 e. The van der Waals surface area contributed by atoms with Crippen LogP contribution in [0.15, 0.2) is 84.1 Å². The fraction of sp³-hybridized carbons (Fsp3) is 0.316. The second-order valence-electron chi connectivity index (χ2n) is 13.2. The van der Waals surface area contributed by atoms with Crippen LogP contribution in [-0.2, 0) is 0 Å². The molecule has 1 fully saturated rings. The van der Waals surface area contributed by atoms with Gasteiger partial charge < -0.3 is 0 Å². The standard InChI is InChI=1S/C38H43N7/c1-22(2)26-15-11-16-27(23(3)4)33(26)43-35(39)36(40)44(34-28(24(5)6)17-12-18-29(34)25(7)8)38(43)42-45-32-20-10-9-14-30(32)31-19-13-21-41-37(31)45/h9-25,39-40H,1-8H3. The lowest BCUT2D eigenvalue weighted by molar-refractivity contribution is 0.829. The molecule has 2 N–H and O–H groups in total. The molecule has 0 bridgehead atoms. The van der Waals surface area contributed by atoms with E-state index in [1.807, 2.05) is 32.7 Å². The Morgan fingerprint density at radius 3 is 1.47 bits per heavy atom. The van der Waals surface area contributed by atoms with Gasteiger partial charge in [-0.1, -0.05) is 110 Å². The number of hydrogen-bond donors (Lipinski definition) is 2. The predicted molar refractivity (Wildman–Crippen MR) is 190 cm³/mol. The highest BCUT2D eigenvalue weighted by molar-refractivity contribution is 6.63. The molecule has 0 radical (unpaired) electrons. The van der Waals surface area contributed by atoms with Gasteiger partial charge in [-0.25, -0.2) is 9.66 Å². The van der Waals surface area contributed by atoms with Gasteiger partial charge in [0.2, 0.25) is 5.96 Å². The van der Waals surface area contributed by atoms with Gasteiger partial charge in [-0.3, -0.25) is 20.6 Å². The lowest BCUT2D eigenvalue weighted by Gasteiger charge is -2.30. The third-order valence-electron chi connectivity index (χ3n) is 8.80. The van der Waals surface area contributed by atoms with Crippen LogP contribution in [0.25, 0.3) is 21.9 Å². The third kappa shape index (κ3) is 4.91. The van der Waals surface area contributed by atoms with Gasteiger partial charge in [-0.15, -0.1) is 5.10 Å². The first-order valence-electron chi connectivity index (χ1n) is 16.0. The van der Waals surface area contributed by atoms with Gasteiger partial charge in [0.25, 0.3) is 0 Å². The van der Waals surface area contributed by atoms with Crippen LogP contribution in [0.3, 0.4) is 0 Å². The lowest BCUT2D eigenvalue weighted by atomic mass is 9.91. The smallest absolute Gasteiger partial charge is 0.240 e. The van der Waals surface area contributed by atoms with Gasteiger partial charge in [0.05, 0.1) is 16.9 Å². The zero-order chi connectivity index (χ0) is 32.2. The monoisotopic (exact) mass is 597 g/mol. The molecule has 6 rings (SSSR count). The molecule has 5 aromatic rings. The van der Waals surface area contributed by atoms with Crippen molar-refractivity contribution in [2.75, 3.05) is 9.80 Å². The van der Waals surface area contributed by atoms with E-state index in [1.54, 1.807) is 6.20 Å². The first kappa shape index (κ1) is 30.3. The second kappa shape index (κ2) is 11.6. The molecule has 0 aliphatic carbocycles. The van der Waals surface area contributed by atoms with Crippen LogP contribution in [0.2, 0.25) is 0 Å². The van der Waals surface area contributed by atoms with Crippen LogP contribution >= 0.6 is 0 Å². The minimum absolute atomic E-state index is 0.103. The molecule has 0 spiro atoms. The summed E-state index contributed by atoms with van der Waals surface area (Å²) in [6.07, 6.45) is 1.79. The summed E-state index contributed by atoms with van der Waals surface area (Å²) in [5.74, 6) is 1.49. The van der Waals surface area contributed by atoms with Gasteiger partial charge in [0.15, 0.2) is 17.3 Å². The summed E-state index contributed by atoms with van der Waals surface area (Å²) in [5.41, 5.74) is 8.00. The fourth-order valence-corrected chi connectivity index (χ4v) is 6.53. The Bertz CT molecular complexity index is 1790. The molecule has 230 valence electrons. The maximum absolute atomic E-state index is 9.60. The van der Waals surface area contributed by atoms with Crippen LogP contribution in [0.4, 0.5) is 11.4 Å². The van der Waals surface area contributed by atoms with Gasteiger partial charge >= 0.3 is 0 Å². The molecule has 7 nitrogen and oxygen atoms in total. The van der Waals surface area contributed by atoms with E-state index in [2.05, 4.69) is 110 Å². The Balaban J connectivity index is 1.77. The molecule has 1 aliphatic rings. The number of fused-ring (bicyclic) bond motifs is 3. The number of pyridine rings is 1. The number of hydrogen-bond acceptors (Lipinski definition) is 4. The molecular formula is C38H43N7. The summed E-state index contributed by atoms with van der Waals surface area (Å²) in [4.78, 5) is 8.62. The van der Waals surface area contributed by atoms with Crippen LogP contribution < -0.4 is 9.80 Å². The average Bonchev–Trinajstić information content (AvgIpc) is 3.46. The van der Waals surface area contributed by atoms with E-state index in [1.165, 1.54) is 0 Å². The number of nitrogens with zero attached hydrogens (tertiary/aromatic N) is 5. The van der Waals surface area contributed by atoms with E-state index >= 15 is 0 Å². The summed E-state index contributed by atoms with van der Waals surface area (Å²) >= 11 is 0. The topological polar surface area (TPSA) is 84.4 Å². The van der Waals surface area contributed by atoms with Crippen molar-refractivity contribution in [2.45, 2.75) is 79.1 Å². The van der Waals surface area contributed by atoms with Crippen molar-refractivity contribution in [3.05, 3.63) is 101 Å². The molecule has 0 unspecified atom stereocenters. The van der Waals surface area contributed by atoms with Gasteiger partial charge in [0.1, 0.15) is 0 Å². The Hall–Kier alpha value is -4.78. The highest BCUT2D eigenvalue weighted by Crippen LogP contribution is 2.43. The van der Waals surface area contributed by atoms with E-state index < -0.39 is 0 Å². The van der Waals surface area contributed by atoms with E-state index in [0.717, 1.165) is 55.6 Å². The Labute approximate surface area is 266 Å². The molecule has 1 aliphatic heterocycles. The van der Waals surface area contributed by atoms with Crippen molar-refractivity contribution < 1.29 is 0 Å². The molecule has 0 saturated carbocycles. The molecule has 1 saturated heterocycles. The minimum atomic E-state index is 0.103. The molecule has 3 aromatic carbocycles. The van der Waals surface area contributed by atoms with Crippen molar-refractivity contribution >= 4 is 50.9 Å². The zero-order valence-corrected chi connectivity index (χ0v) is 27.6. The van der Waals surface area contributed by atoms with Gasteiger partial charge in [-0.2, -0.15) is 0 Å². The maximum atomic E-state index is 9.60. The van der Waals surface area contributed by atoms with Crippen molar-refractivity contribution in [3.8, 4) is 0 Å². The van der Waals surface area contributed by atoms with Crippen molar-refractivity contribution in [1.29, 1.82) is 10.8 Å². The van der Waals surface area contributed by atoms with Crippen molar-refractivity contribution in [2.24, 2.45) is 5.10 Å². The number of benzene rings is 3. The predicted octanol–water partition coefficient (Wildman–Crippen LogP) is 9.78. The van der Waals surface area contributed by atoms with E-state index in [9.17, 15) is 10.8 Å². The summed E-state index contributed by atoms with van der Waals surface area (Å²) in [7, 11) is 0. The van der Waals surface area contributed by atoms with Gasteiger partial charge in [0, 0.05) is 17.0 Å². The summed E-state index contributed by atoms with van der Waals surface area (Å²) in [6, 6.07) is 25.0. The normalized spacial score (nSPS) is 14.1. The zero-order valence-electron chi connectivity index (χ0n) is 27.6. The highest BCUT2D eigenvalue weighted by atomic mass is 15.5. The number of nitrogens with one attached hydrogen (secondary N) is 2. The molecule has 3 heterocycles. The first-order valence-corrected chi connectivity index (χ1v) is 16.0. The summed E-state index contributed by atoms with van der Waals surface area (Å²) < 4.78 is 1.89. The van der Waals surface area contributed by atoms with E-state index in [4.69, 9.17) is 10.1 Å². The molecule has 2 aromatic heterocycles. The second-order valence-corrected chi connectivity index (χ2v) is 13.2. The maximum Gasteiger partial charge on any atom is 0.240 e. The quantitative estimate of drug-likeness (QED) is 0.196. The lowest BCUT2D eigenvalue weighted by Crippen LogP contribution is -2.38. The number of anilines is 2. The van der Waals surface area contributed by atoms with Crippen molar-refractivity contribution in [1.82, 2.24) is 9.66 Å². The third-order valence-corrected chi connectivity index (χ3v) is 8.80. The Kier molecular flexibility index (Phi) is 7.81. The molecule has 0 atom stereocenters. The molecular weight excluding hydrogens is 554 g/mol.